The number of amidine groups is 1. The Balaban J connectivity index is 2.88. The monoisotopic (exact) mass is 195 g/mol. The first-order valence-electron chi connectivity index (χ1n) is 3.53. The van der Waals surface area contributed by atoms with Crippen molar-refractivity contribution in [3.05, 3.63) is 22.7 Å². The van der Waals surface area contributed by atoms with E-state index >= 15 is 0 Å². The maximum absolute atomic E-state index is 7.31. The van der Waals surface area contributed by atoms with E-state index < -0.39 is 0 Å². The second kappa shape index (κ2) is 2.70. The molecule has 6 heteroatoms. The molecule has 1 heterocycles. The van der Waals surface area contributed by atoms with Crippen LogP contribution in [0.2, 0.25) is 5.02 Å². The first-order chi connectivity index (χ1) is 6.20. The Bertz CT molecular complexity index is 475. The molecule has 0 spiro atoms. The SMILES string of the molecule is N=C(N)c1c(Cl)ccc2n[nH]nc12. The third-order valence-electron chi connectivity index (χ3n) is 1.71. The van der Waals surface area contributed by atoms with Gasteiger partial charge in [0.1, 0.15) is 16.9 Å². The van der Waals surface area contributed by atoms with Crippen LogP contribution < -0.4 is 5.73 Å². The van der Waals surface area contributed by atoms with Crippen LogP contribution in [0.3, 0.4) is 0 Å². The third kappa shape index (κ3) is 1.13. The van der Waals surface area contributed by atoms with Gasteiger partial charge in [0.2, 0.25) is 0 Å². The molecule has 0 fully saturated rings. The summed E-state index contributed by atoms with van der Waals surface area (Å²) in [7, 11) is 0. The van der Waals surface area contributed by atoms with Crippen molar-refractivity contribution >= 4 is 28.5 Å². The Morgan fingerprint density at radius 1 is 1.46 bits per heavy atom. The van der Waals surface area contributed by atoms with Crippen molar-refractivity contribution in [3.63, 3.8) is 0 Å². The molecule has 4 N–H and O–H groups in total. The van der Waals surface area contributed by atoms with Crippen molar-refractivity contribution in [1.29, 1.82) is 5.41 Å². The van der Waals surface area contributed by atoms with Crippen LogP contribution in [-0.4, -0.2) is 21.2 Å². The molecule has 0 saturated carbocycles. The number of nitrogens with zero attached hydrogens (tertiary/aromatic N) is 2. The summed E-state index contributed by atoms with van der Waals surface area (Å²) in [6.07, 6.45) is 0. The van der Waals surface area contributed by atoms with Crippen LogP contribution in [0.4, 0.5) is 0 Å². The van der Waals surface area contributed by atoms with E-state index in [1.54, 1.807) is 12.1 Å². The number of nitrogen functional groups attached to an aromatic ring is 1. The minimum atomic E-state index is -0.107. The molecule has 0 aliphatic heterocycles. The largest absolute Gasteiger partial charge is 0.384 e. The number of nitrogens with two attached hydrogens (primary N) is 1. The summed E-state index contributed by atoms with van der Waals surface area (Å²) < 4.78 is 0. The molecule has 0 saturated heterocycles. The molecule has 0 radical (unpaired) electrons. The minimum absolute atomic E-state index is 0.107. The highest BCUT2D eigenvalue weighted by atomic mass is 35.5. The average molecular weight is 196 g/mol. The lowest BCUT2D eigenvalue weighted by molar-refractivity contribution is 0.959. The summed E-state index contributed by atoms with van der Waals surface area (Å²) in [6, 6.07) is 3.36. The fourth-order valence-electron chi connectivity index (χ4n) is 1.14. The van der Waals surface area contributed by atoms with Crippen molar-refractivity contribution in [2.75, 3.05) is 0 Å². The molecule has 13 heavy (non-hydrogen) atoms. The summed E-state index contributed by atoms with van der Waals surface area (Å²) in [4.78, 5) is 0. The van der Waals surface area contributed by atoms with Crippen molar-refractivity contribution in [1.82, 2.24) is 15.4 Å². The molecule has 0 unspecified atom stereocenters. The van der Waals surface area contributed by atoms with Crippen LogP contribution in [0.5, 0.6) is 0 Å². The smallest absolute Gasteiger partial charge is 0.126 e. The molecule has 0 atom stereocenters. The fraction of sp³-hybridized carbons (Fsp3) is 0. The molecule has 66 valence electrons. The molecule has 0 bridgehead atoms. The van der Waals surface area contributed by atoms with Gasteiger partial charge in [-0.15, -0.1) is 0 Å². The number of rotatable bonds is 1. The van der Waals surface area contributed by atoms with Crippen LogP contribution >= 0.6 is 11.6 Å². The van der Waals surface area contributed by atoms with Gasteiger partial charge >= 0.3 is 0 Å². The van der Waals surface area contributed by atoms with Gasteiger partial charge in [0.25, 0.3) is 0 Å². The van der Waals surface area contributed by atoms with Gasteiger partial charge in [-0.1, -0.05) is 11.6 Å². The molecule has 5 nitrogen and oxygen atoms in total. The van der Waals surface area contributed by atoms with Crippen LogP contribution in [0.15, 0.2) is 12.1 Å². The van der Waals surface area contributed by atoms with Crippen molar-refractivity contribution in [2.24, 2.45) is 5.73 Å². The zero-order valence-electron chi connectivity index (χ0n) is 6.50. The maximum atomic E-state index is 7.31. The van der Waals surface area contributed by atoms with Crippen LogP contribution in [-0.2, 0) is 0 Å². The van der Waals surface area contributed by atoms with Gasteiger partial charge in [0.15, 0.2) is 0 Å². The maximum Gasteiger partial charge on any atom is 0.126 e. The van der Waals surface area contributed by atoms with Crippen LogP contribution in [0, 0.1) is 5.41 Å². The fourth-order valence-corrected chi connectivity index (χ4v) is 1.40. The number of fused-ring (bicyclic) bond motifs is 1. The van der Waals surface area contributed by atoms with Crippen LogP contribution in [0.1, 0.15) is 5.56 Å². The van der Waals surface area contributed by atoms with E-state index in [0.717, 1.165) is 0 Å². The summed E-state index contributed by atoms with van der Waals surface area (Å²) in [6.45, 7) is 0. The molecular weight excluding hydrogens is 190 g/mol. The lowest BCUT2D eigenvalue weighted by atomic mass is 10.1. The predicted octanol–water partition coefficient (Wildman–Crippen LogP) is 0.895. The standard InChI is InChI=1S/C7H6ClN5/c8-3-1-2-4-6(12-13-11-4)5(3)7(9)10/h1-2H,(H3,9,10)(H,11,12,13). The minimum Gasteiger partial charge on any atom is -0.384 e. The Kier molecular flexibility index (Phi) is 1.66. The van der Waals surface area contributed by atoms with Crippen molar-refractivity contribution < 1.29 is 0 Å². The van der Waals surface area contributed by atoms with E-state index in [9.17, 15) is 0 Å². The van der Waals surface area contributed by atoms with Crippen molar-refractivity contribution in [3.8, 4) is 0 Å². The number of hydrogen-bond acceptors (Lipinski definition) is 3. The van der Waals surface area contributed by atoms with E-state index in [0.29, 0.717) is 21.6 Å². The van der Waals surface area contributed by atoms with E-state index in [2.05, 4.69) is 15.4 Å². The molecule has 0 amide bonds. The Labute approximate surface area is 78.4 Å². The quantitative estimate of drug-likeness (QED) is 0.466. The molecular formula is C7H6ClN5. The number of benzene rings is 1. The van der Waals surface area contributed by atoms with E-state index in [1.807, 2.05) is 0 Å². The zero-order valence-corrected chi connectivity index (χ0v) is 7.26. The van der Waals surface area contributed by atoms with Gasteiger partial charge in [0, 0.05) is 0 Å². The second-order valence-corrected chi connectivity index (χ2v) is 2.93. The lowest BCUT2D eigenvalue weighted by Crippen LogP contribution is -2.12. The highest BCUT2D eigenvalue weighted by molar-refractivity contribution is 6.35. The number of aromatic amines is 1. The Morgan fingerprint density at radius 2 is 2.23 bits per heavy atom. The number of hydrogen-bond donors (Lipinski definition) is 3. The van der Waals surface area contributed by atoms with Gasteiger partial charge in [-0.3, -0.25) is 5.41 Å². The lowest BCUT2D eigenvalue weighted by Gasteiger charge is -2.00. The molecule has 1 aromatic heterocycles. The third-order valence-corrected chi connectivity index (χ3v) is 2.02. The van der Waals surface area contributed by atoms with Gasteiger partial charge in [-0.2, -0.15) is 15.4 Å². The summed E-state index contributed by atoms with van der Waals surface area (Å²) in [5.74, 6) is -0.107. The van der Waals surface area contributed by atoms with Gasteiger partial charge in [-0.05, 0) is 12.1 Å². The van der Waals surface area contributed by atoms with E-state index in [-0.39, 0.29) is 5.84 Å². The van der Waals surface area contributed by atoms with Gasteiger partial charge in [-0.25, -0.2) is 0 Å². The summed E-state index contributed by atoms with van der Waals surface area (Å²) in [5, 5.41) is 17.9. The van der Waals surface area contributed by atoms with Gasteiger partial charge in [0.05, 0.1) is 10.6 Å². The molecule has 2 aromatic rings. The first-order valence-corrected chi connectivity index (χ1v) is 3.91. The van der Waals surface area contributed by atoms with Gasteiger partial charge < -0.3 is 5.73 Å². The van der Waals surface area contributed by atoms with E-state index in [4.69, 9.17) is 22.7 Å². The Hall–Kier alpha value is -1.62. The highest BCUT2D eigenvalue weighted by Gasteiger charge is 2.11. The highest BCUT2D eigenvalue weighted by Crippen LogP contribution is 2.22. The molecule has 2 rings (SSSR count). The van der Waals surface area contributed by atoms with Crippen molar-refractivity contribution in [2.45, 2.75) is 0 Å². The zero-order chi connectivity index (χ0) is 9.42. The predicted molar refractivity (Wildman–Crippen MR) is 49.9 cm³/mol. The van der Waals surface area contributed by atoms with E-state index in [1.165, 1.54) is 0 Å². The number of halogens is 1. The molecule has 0 aliphatic carbocycles. The topological polar surface area (TPSA) is 91.4 Å². The summed E-state index contributed by atoms with van der Waals surface area (Å²) in [5.41, 5.74) is 6.96. The molecule has 1 aromatic carbocycles. The molecule has 0 aliphatic rings. The second-order valence-electron chi connectivity index (χ2n) is 2.53. The number of nitrogens with one attached hydrogen (secondary N) is 2. The number of aromatic nitrogens is 3. The Morgan fingerprint density at radius 3 is 2.92 bits per heavy atom. The summed E-state index contributed by atoms with van der Waals surface area (Å²) >= 11 is 5.85. The normalized spacial score (nSPS) is 10.5. The first kappa shape index (κ1) is 8.00. The average Bonchev–Trinajstić information content (AvgIpc) is 2.50. The number of H-pyrrole nitrogens is 1. The van der Waals surface area contributed by atoms with Crippen LogP contribution in [0.25, 0.3) is 11.0 Å².